The maximum Gasteiger partial charge on any atom is 0.408 e. The van der Waals surface area contributed by atoms with Crippen LogP contribution in [0.4, 0.5) is 4.79 Å². The van der Waals surface area contributed by atoms with Crippen LogP contribution in [0.25, 0.3) is 0 Å². The van der Waals surface area contributed by atoms with Gasteiger partial charge in [-0.3, -0.25) is 9.59 Å². The smallest absolute Gasteiger partial charge is 0.408 e. The van der Waals surface area contributed by atoms with E-state index in [0.717, 1.165) is 5.56 Å². The molecule has 10 nitrogen and oxygen atoms in total. The molecule has 1 rings (SSSR count). The minimum atomic E-state index is -1.05. The van der Waals surface area contributed by atoms with Gasteiger partial charge in [-0.1, -0.05) is 44.7 Å². The first-order valence-corrected chi connectivity index (χ1v) is 14.2. The van der Waals surface area contributed by atoms with E-state index in [1.54, 1.807) is 71.0 Å². The zero-order chi connectivity index (χ0) is 30.3. The Morgan fingerprint density at radius 2 is 1.60 bits per heavy atom. The molecule has 0 saturated heterocycles. The van der Waals surface area contributed by atoms with Gasteiger partial charge in [-0.05, 0) is 44.4 Å². The van der Waals surface area contributed by atoms with Crippen LogP contribution in [0.15, 0.2) is 49.6 Å². The molecule has 3 amide bonds. The number of amides is 3. The van der Waals surface area contributed by atoms with Crippen molar-refractivity contribution in [3.63, 3.8) is 0 Å². The molecule has 0 aliphatic carbocycles. The first-order chi connectivity index (χ1) is 18.8. The van der Waals surface area contributed by atoms with E-state index in [2.05, 4.69) is 29.1 Å². The maximum absolute atomic E-state index is 13.5. The van der Waals surface area contributed by atoms with Gasteiger partial charge in [0.25, 0.3) is 0 Å². The second-order valence-electron chi connectivity index (χ2n) is 10.3. The molecule has 0 fully saturated rings. The highest BCUT2D eigenvalue weighted by molar-refractivity contribution is 7.99. The van der Waals surface area contributed by atoms with Crippen LogP contribution in [0.1, 0.15) is 40.2 Å². The zero-order valence-corrected chi connectivity index (χ0v) is 25.1. The Hall–Kier alpha value is -3.47. The van der Waals surface area contributed by atoms with Crippen LogP contribution in [0.2, 0.25) is 0 Å². The van der Waals surface area contributed by atoms with Gasteiger partial charge in [0.2, 0.25) is 11.8 Å². The summed E-state index contributed by atoms with van der Waals surface area (Å²) in [6.45, 7) is 16.3. The number of alkyl carbamates (subject to hydrolysis) is 1. The van der Waals surface area contributed by atoms with Gasteiger partial charge in [0.15, 0.2) is 0 Å². The second kappa shape index (κ2) is 17.3. The topological polar surface area (TPSA) is 132 Å². The van der Waals surface area contributed by atoms with Gasteiger partial charge < -0.3 is 30.2 Å². The van der Waals surface area contributed by atoms with Crippen molar-refractivity contribution in [3.8, 4) is 5.75 Å². The first kappa shape index (κ1) is 34.6. The zero-order valence-electron chi connectivity index (χ0n) is 24.3. The van der Waals surface area contributed by atoms with Gasteiger partial charge in [-0.25, -0.2) is 9.59 Å². The molecule has 0 aliphatic heterocycles. The summed E-state index contributed by atoms with van der Waals surface area (Å²) >= 11 is 1.41. The van der Waals surface area contributed by atoms with Crippen molar-refractivity contribution in [2.75, 3.05) is 25.2 Å². The number of carbonyl (C=O) groups excluding carboxylic acids is 4. The number of nitrogens with one attached hydrogen (secondary N) is 3. The summed E-state index contributed by atoms with van der Waals surface area (Å²) in [7, 11) is 1.24. The fourth-order valence-electron chi connectivity index (χ4n) is 3.40. The first-order valence-electron chi connectivity index (χ1n) is 13.0. The van der Waals surface area contributed by atoms with Crippen molar-refractivity contribution in [1.82, 2.24) is 16.0 Å². The van der Waals surface area contributed by atoms with Crippen LogP contribution < -0.4 is 20.7 Å². The maximum atomic E-state index is 13.5. The molecule has 0 bridgehead atoms. The van der Waals surface area contributed by atoms with Gasteiger partial charge in [0.1, 0.15) is 36.1 Å². The summed E-state index contributed by atoms with van der Waals surface area (Å²) in [5.74, 6) is -0.547. The molecule has 3 atom stereocenters. The average molecular weight is 578 g/mol. The fourth-order valence-corrected chi connectivity index (χ4v) is 4.16. The van der Waals surface area contributed by atoms with Crippen molar-refractivity contribution >= 4 is 35.6 Å². The molecule has 0 aromatic heterocycles. The average Bonchev–Trinajstić information content (AvgIpc) is 2.88. The summed E-state index contributed by atoms with van der Waals surface area (Å²) in [4.78, 5) is 51.5. The number of thioether (sulfide) groups is 1. The number of esters is 1. The van der Waals surface area contributed by atoms with Crippen LogP contribution in [0.5, 0.6) is 5.75 Å². The number of benzene rings is 1. The van der Waals surface area contributed by atoms with E-state index in [-0.39, 0.29) is 18.1 Å². The van der Waals surface area contributed by atoms with Gasteiger partial charge in [0, 0.05) is 17.9 Å². The van der Waals surface area contributed by atoms with Gasteiger partial charge in [0.05, 0.1) is 7.11 Å². The molecule has 3 unspecified atom stereocenters. The molecule has 40 heavy (non-hydrogen) atoms. The van der Waals surface area contributed by atoms with E-state index in [0.29, 0.717) is 18.1 Å². The molecule has 0 heterocycles. The van der Waals surface area contributed by atoms with Crippen LogP contribution >= 0.6 is 11.8 Å². The molecule has 1 aromatic rings. The third-order valence-electron chi connectivity index (χ3n) is 5.31. The molecule has 0 radical (unpaired) electrons. The highest BCUT2D eigenvalue weighted by Gasteiger charge is 2.32. The molecule has 0 saturated carbocycles. The van der Waals surface area contributed by atoms with E-state index in [1.807, 2.05) is 0 Å². The van der Waals surface area contributed by atoms with Crippen LogP contribution in [0.3, 0.4) is 0 Å². The Labute approximate surface area is 241 Å². The van der Waals surface area contributed by atoms with Crippen LogP contribution in [0, 0.1) is 5.92 Å². The fraction of sp³-hybridized carbons (Fsp3) is 0.517. The normalized spacial score (nSPS) is 13.3. The lowest BCUT2D eigenvalue weighted by Crippen LogP contribution is -2.58. The van der Waals surface area contributed by atoms with E-state index >= 15 is 0 Å². The summed E-state index contributed by atoms with van der Waals surface area (Å²) in [5, 5.41) is 8.04. The lowest BCUT2D eigenvalue weighted by molar-refractivity contribution is -0.144. The quantitative estimate of drug-likeness (QED) is 0.155. The standard InChI is InChI=1S/C29H43N3O7S/c1-9-15-38-21-13-11-20(12-14-21)17-22(31-28(36)39-29(5,6)7)25(33)32-24(19(3)4)26(34)30-23(27(35)37-8)18-40-16-10-2/h9-14,19,22-24H,1-2,15-18H2,3-8H3,(H,30,34)(H,31,36)(H,32,33). The molecule has 222 valence electrons. The highest BCUT2D eigenvalue weighted by atomic mass is 32.2. The van der Waals surface area contributed by atoms with Crippen molar-refractivity contribution < 1.29 is 33.4 Å². The Morgan fingerprint density at radius 3 is 2.12 bits per heavy atom. The summed E-state index contributed by atoms with van der Waals surface area (Å²) in [6, 6.07) is 4.13. The monoisotopic (exact) mass is 577 g/mol. The van der Waals surface area contributed by atoms with Crippen molar-refractivity contribution in [3.05, 3.63) is 55.1 Å². The third kappa shape index (κ3) is 13.1. The summed E-state index contributed by atoms with van der Waals surface area (Å²) in [5.41, 5.74) is -0.0278. The molecule has 0 aliphatic rings. The molecular weight excluding hydrogens is 534 g/mol. The van der Waals surface area contributed by atoms with Crippen LogP contribution in [-0.2, 0) is 30.3 Å². The van der Waals surface area contributed by atoms with E-state index in [9.17, 15) is 19.2 Å². The number of methoxy groups -OCH3 is 1. The molecule has 11 heteroatoms. The molecular formula is C29H43N3O7S. The Bertz CT molecular complexity index is 1010. The summed E-state index contributed by atoms with van der Waals surface area (Å²) in [6.07, 6.45) is 2.68. The van der Waals surface area contributed by atoms with E-state index in [4.69, 9.17) is 14.2 Å². The van der Waals surface area contributed by atoms with Crippen molar-refractivity contribution in [2.24, 2.45) is 5.92 Å². The molecule has 3 N–H and O–H groups in total. The van der Waals surface area contributed by atoms with Crippen molar-refractivity contribution in [1.29, 1.82) is 0 Å². The van der Waals surface area contributed by atoms with Gasteiger partial charge >= 0.3 is 12.1 Å². The predicted octanol–water partition coefficient (Wildman–Crippen LogP) is 3.41. The molecule has 1 aromatic carbocycles. The lowest BCUT2D eigenvalue weighted by Gasteiger charge is -2.27. The third-order valence-corrected chi connectivity index (χ3v) is 6.35. The Balaban J connectivity index is 3.12. The number of hydrogen-bond donors (Lipinski definition) is 3. The lowest BCUT2D eigenvalue weighted by atomic mass is 10.0. The Kier molecular flexibility index (Phi) is 14.9. The van der Waals surface area contributed by atoms with E-state index in [1.165, 1.54) is 18.9 Å². The number of ether oxygens (including phenoxy) is 3. The second-order valence-corrected chi connectivity index (χ2v) is 11.4. The highest BCUT2D eigenvalue weighted by Crippen LogP contribution is 2.15. The van der Waals surface area contributed by atoms with Gasteiger partial charge in [-0.15, -0.1) is 6.58 Å². The minimum Gasteiger partial charge on any atom is -0.490 e. The van der Waals surface area contributed by atoms with E-state index < -0.39 is 47.6 Å². The number of hydrogen-bond acceptors (Lipinski definition) is 8. The summed E-state index contributed by atoms with van der Waals surface area (Å²) < 4.78 is 15.7. The number of rotatable bonds is 16. The van der Waals surface area contributed by atoms with Crippen molar-refractivity contribution in [2.45, 2.75) is 64.8 Å². The minimum absolute atomic E-state index is 0.127. The SMILES string of the molecule is C=CCOc1ccc(CC(NC(=O)OC(C)(C)C)C(=O)NC(C(=O)NC(CSCC=C)C(=O)OC)C(C)C)cc1. The largest absolute Gasteiger partial charge is 0.490 e. The van der Waals surface area contributed by atoms with Crippen LogP contribution in [-0.4, -0.2) is 72.8 Å². The molecule has 0 spiro atoms. The van der Waals surface area contributed by atoms with Gasteiger partial charge in [-0.2, -0.15) is 11.8 Å². The predicted molar refractivity (Wildman–Crippen MR) is 157 cm³/mol. The Morgan fingerprint density at radius 1 is 0.950 bits per heavy atom. The number of carbonyl (C=O) groups is 4.